The van der Waals surface area contributed by atoms with Gasteiger partial charge in [0.15, 0.2) is 0 Å². The summed E-state index contributed by atoms with van der Waals surface area (Å²) in [6, 6.07) is 15.2. The number of phenols is 1. The van der Waals surface area contributed by atoms with Crippen molar-refractivity contribution >= 4 is 12.2 Å². The van der Waals surface area contributed by atoms with Gasteiger partial charge >= 0.3 is 0 Å². The maximum atomic E-state index is 9.77. The van der Waals surface area contributed by atoms with Crippen LogP contribution in [0, 0.1) is 0 Å². The predicted molar refractivity (Wildman–Crippen MR) is 70.0 cm³/mol. The van der Waals surface area contributed by atoms with E-state index in [2.05, 4.69) is 0 Å². The Morgan fingerprint density at radius 2 is 1.76 bits per heavy atom. The predicted octanol–water partition coefficient (Wildman–Crippen LogP) is 3.57. The Morgan fingerprint density at radius 1 is 1.00 bits per heavy atom. The fraction of sp³-hybridized carbons (Fsp3) is 0.0667. The Morgan fingerprint density at radius 3 is 2.41 bits per heavy atom. The number of rotatable bonds is 3. The maximum absolute atomic E-state index is 9.77. The number of ether oxygens (including phenoxy) is 1. The molecule has 0 aromatic heterocycles. The number of benzene rings is 2. The normalized spacial score (nSPS) is 10.6. The van der Waals surface area contributed by atoms with E-state index in [1.165, 1.54) is 0 Å². The van der Waals surface area contributed by atoms with Crippen molar-refractivity contribution in [3.63, 3.8) is 0 Å². The maximum Gasteiger partial charge on any atom is 0.126 e. The molecule has 0 amide bonds. The molecule has 1 N–H and O–H groups in total. The van der Waals surface area contributed by atoms with Crippen LogP contribution in [-0.2, 0) is 0 Å². The van der Waals surface area contributed by atoms with Crippen molar-refractivity contribution in [2.45, 2.75) is 0 Å². The molecule has 2 aromatic carbocycles. The molecule has 2 aromatic rings. The molecular formula is C15H14O2. The SMILES string of the molecule is COc1ccc(/C=C/c2ccccc2)c(O)c1. The van der Waals surface area contributed by atoms with Gasteiger partial charge in [-0.2, -0.15) is 0 Å². The Kier molecular flexibility index (Phi) is 3.46. The fourth-order valence-corrected chi connectivity index (χ4v) is 1.54. The average Bonchev–Trinajstić information content (AvgIpc) is 2.38. The molecule has 2 nitrogen and oxygen atoms in total. The van der Waals surface area contributed by atoms with Crippen LogP contribution in [0.4, 0.5) is 0 Å². The van der Waals surface area contributed by atoms with Gasteiger partial charge in [-0.3, -0.25) is 0 Å². The lowest BCUT2D eigenvalue weighted by Crippen LogP contribution is -1.82. The van der Waals surface area contributed by atoms with E-state index in [0.29, 0.717) is 5.75 Å². The van der Waals surface area contributed by atoms with Crippen molar-refractivity contribution in [2.24, 2.45) is 0 Å². The lowest BCUT2D eigenvalue weighted by molar-refractivity contribution is 0.407. The minimum absolute atomic E-state index is 0.219. The van der Waals surface area contributed by atoms with Crippen molar-refractivity contribution in [2.75, 3.05) is 7.11 Å². The van der Waals surface area contributed by atoms with E-state index in [0.717, 1.165) is 11.1 Å². The molecule has 0 radical (unpaired) electrons. The summed E-state index contributed by atoms with van der Waals surface area (Å²) in [5, 5.41) is 9.77. The highest BCUT2D eigenvalue weighted by Gasteiger charge is 1.99. The van der Waals surface area contributed by atoms with E-state index >= 15 is 0 Å². The lowest BCUT2D eigenvalue weighted by Gasteiger charge is -2.02. The summed E-state index contributed by atoms with van der Waals surface area (Å²) in [6.45, 7) is 0. The number of hydrogen-bond acceptors (Lipinski definition) is 2. The molecule has 0 aliphatic carbocycles. The average molecular weight is 226 g/mol. The molecule has 0 bridgehead atoms. The van der Waals surface area contributed by atoms with E-state index < -0.39 is 0 Å². The highest BCUT2D eigenvalue weighted by atomic mass is 16.5. The number of methoxy groups -OCH3 is 1. The van der Waals surface area contributed by atoms with Crippen LogP contribution in [-0.4, -0.2) is 12.2 Å². The van der Waals surface area contributed by atoms with Crippen LogP contribution in [0.2, 0.25) is 0 Å². The molecule has 0 aliphatic rings. The molecule has 0 saturated heterocycles. The van der Waals surface area contributed by atoms with Crippen molar-refractivity contribution in [3.05, 3.63) is 59.7 Å². The summed E-state index contributed by atoms with van der Waals surface area (Å²) >= 11 is 0. The summed E-state index contributed by atoms with van der Waals surface area (Å²) in [5.74, 6) is 0.871. The topological polar surface area (TPSA) is 29.5 Å². The minimum atomic E-state index is 0.219. The van der Waals surface area contributed by atoms with Gasteiger partial charge in [-0.15, -0.1) is 0 Å². The zero-order valence-corrected chi connectivity index (χ0v) is 9.63. The van der Waals surface area contributed by atoms with Gasteiger partial charge in [-0.1, -0.05) is 42.5 Å². The van der Waals surface area contributed by atoms with Gasteiger partial charge in [0, 0.05) is 11.6 Å². The van der Waals surface area contributed by atoms with Gasteiger partial charge < -0.3 is 9.84 Å². The first kappa shape index (κ1) is 11.3. The molecule has 17 heavy (non-hydrogen) atoms. The highest BCUT2D eigenvalue weighted by Crippen LogP contribution is 2.24. The Balaban J connectivity index is 2.22. The standard InChI is InChI=1S/C15H14O2/c1-17-14-10-9-13(15(16)11-14)8-7-12-5-3-2-4-6-12/h2-11,16H,1H3/b8-7+. The zero-order chi connectivity index (χ0) is 12.1. The first-order valence-corrected chi connectivity index (χ1v) is 5.40. The van der Waals surface area contributed by atoms with Crippen LogP contribution in [0.3, 0.4) is 0 Å². The van der Waals surface area contributed by atoms with Gasteiger partial charge in [0.2, 0.25) is 0 Å². The quantitative estimate of drug-likeness (QED) is 0.811. The Hall–Kier alpha value is -2.22. The first-order valence-electron chi connectivity index (χ1n) is 5.40. The van der Waals surface area contributed by atoms with Crippen LogP contribution in [0.5, 0.6) is 11.5 Å². The molecule has 0 heterocycles. The van der Waals surface area contributed by atoms with Crippen molar-refractivity contribution in [1.82, 2.24) is 0 Å². The summed E-state index contributed by atoms with van der Waals surface area (Å²) in [5.41, 5.74) is 1.87. The summed E-state index contributed by atoms with van der Waals surface area (Å²) in [4.78, 5) is 0. The molecule has 2 heteroatoms. The number of aromatic hydroxyl groups is 1. The van der Waals surface area contributed by atoms with Gasteiger partial charge in [0.1, 0.15) is 11.5 Å². The molecule has 0 atom stereocenters. The van der Waals surface area contributed by atoms with Crippen LogP contribution >= 0.6 is 0 Å². The fourth-order valence-electron chi connectivity index (χ4n) is 1.54. The van der Waals surface area contributed by atoms with Gasteiger partial charge in [0.25, 0.3) is 0 Å². The second kappa shape index (κ2) is 5.21. The van der Waals surface area contributed by atoms with Gasteiger partial charge in [0.05, 0.1) is 7.11 Å². The Labute approximate surface area is 101 Å². The van der Waals surface area contributed by atoms with Crippen molar-refractivity contribution < 1.29 is 9.84 Å². The van der Waals surface area contributed by atoms with E-state index in [1.807, 2.05) is 54.6 Å². The van der Waals surface area contributed by atoms with E-state index in [1.54, 1.807) is 13.2 Å². The molecule has 0 spiro atoms. The molecule has 0 unspecified atom stereocenters. The third kappa shape index (κ3) is 2.88. The third-order valence-electron chi connectivity index (χ3n) is 2.49. The van der Waals surface area contributed by atoms with Crippen LogP contribution in [0.1, 0.15) is 11.1 Å². The summed E-state index contributed by atoms with van der Waals surface area (Å²) in [6.07, 6.45) is 3.84. The number of phenolic OH excluding ortho intramolecular Hbond substituents is 1. The van der Waals surface area contributed by atoms with Gasteiger partial charge in [-0.25, -0.2) is 0 Å². The molecule has 2 rings (SSSR count). The van der Waals surface area contributed by atoms with Crippen molar-refractivity contribution in [1.29, 1.82) is 0 Å². The van der Waals surface area contributed by atoms with Gasteiger partial charge in [-0.05, 0) is 17.7 Å². The van der Waals surface area contributed by atoms with E-state index in [9.17, 15) is 5.11 Å². The Bertz CT molecular complexity index is 516. The molecule has 0 saturated carbocycles. The largest absolute Gasteiger partial charge is 0.507 e. The monoisotopic (exact) mass is 226 g/mol. The molecule has 86 valence electrons. The van der Waals surface area contributed by atoms with Crippen molar-refractivity contribution in [3.8, 4) is 11.5 Å². The molecule has 0 fully saturated rings. The second-order valence-corrected chi connectivity index (χ2v) is 3.67. The van der Waals surface area contributed by atoms with Crippen LogP contribution in [0.15, 0.2) is 48.5 Å². The zero-order valence-electron chi connectivity index (χ0n) is 9.63. The second-order valence-electron chi connectivity index (χ2n) is 3.67. The number of hydrogen-bond donors (Lipinski definition) is 1. The molecule has 0 aliphatic heterocycles. The summed E-state index contributed by atoms with van der Waals surface area (Å²) in [7, 11) is 1.58. The first-order chi connectivity index (χ1) is 8.29. The lowest BCUT2D eigenvalue weighted by atomic mass is 10.1. The van der Waals surface area contributed by atoms with E-state index in [4.69, 9.17) is 4.74 Å². The third-order valence-corrected chi connectivity index (χ3v) is 2.49. The highest BCUT2D eigenvalue weighted by molar-refractivity contribution is 5.72. The minimum Gasteiger partial charge on any atom is -0.507 e. The van der Waals surface area contributed by atoms with Crippen LogP contribution < -0.4 is 4.74 Å². The molecular weight excluding hydrogens is 212 g/mol. The smallest absolute Gasteiger partial charge is 0.126 e. The van der Waals surface area contributed by atoms with Crippen LogP contribution in [0.25, 0.3) is 12.2 Å². The summed E-state index contributed by atoms with van der Waals surface area (Å²) < 4.78 is 5.03. The van der Waals surface area contributed by atoms with E-state index in [-0.39, 0.29) is 5.75 Å².